The molecule has 94 valence electrons. The first-order valence-corrected chi connectivity index (χ1v) is 6.34. The quantitative estimate of drug-likeness (QED) is 0.843. The summed E-state index contributed by atoms with van der Waals surface area (Å²) in [5.41, 5.74) is 2.04. The highest BCUT2D eigenvalue weighted by atomic mass is 16.3. The number of hydrogen-bond donors (Lipinski definition) is 2. The molecule has 0 radical (unpaired) electrons. The zero-order valence-corrected chi connectivity index (χ0v) is 10.6. The second-order valence-corrected chi connectivity index (χ2v) is 4.30. The average molecular weight is 241 g/mol. The predicted molar refractivity (Wildman–Crippen MR) is 74.3 cm³/mol. The van der Waals surface area contributed by atoms with E-state index in [0.29, 0.717) is 0 Å². The lowest BCUT2D eigenvalue weighted by Crippen LogP contribution is -2.26. The molecular formula is C16H19NO. The van der Waals surface area contributed by atoms with Crippen LogP contribution < -0.4 is 5.32 Å². The Balaban J connectivity index is 2.26. The van der Waals surface area contributed by atoms with E-state index in [1.54, 1.807) is 0 Å². The van der Waals surface area contributed by atoms with Crippen molar-refractivity contribution in [3.8, 4) is 0 Å². The van der Waals surface area contributed by atoms with Crippen molar-refractivity contribution in [2.45, 2.75) is 19.1 Å². The second kappa shape index (κ2) is 6.34. The summed E-state index contributed by atoms with van der Waals surface area (Å²) < 4.78 is 0. The smallest absolute Gasteiger partial charge is 0.0984 e. The van der Waals surface area contributed by atoms with Crippen LogP contribution in [0.3, 0.4) is 0 Å². The lowest BCUT2D eigenvalue weighted by molar-refractivity contribution is 0.129. The fraction of sp³-hybridized carbons (Fsp3) is 0.250. The molecule has 2 nitrogen and oxygen atoms in total. The number of rotatable bonds is 5. The van der Waals surface area contributed by atoms with Crippen LogP contribution in [0.25, 0.3) is 0 Å². The third kappa shape index (κ3) is 2.97. The Bertz CT molecular complexity index is 455. The number of likely N-dealkylation sites (N-methyl/N-ethyl adjacent to an activating group) is 1. The summed E-state index contributed by atoms with van der Waals surface area (Å²) in [6.07, 6.45) is -0.534. The van der Waals surface area contributed by atoms with E-state index in [4.69, 9.17) is 0 Å². The zero-order chi connectivity index (χ0) is 12.8. The molecule has 0 aliphatic heterocycles. The molecule has 18 heavy (non-hydrogen) atoms. The van der Waals surface area contributed by atoms with Crippen molar-refractivity contribution in [2.24, 2.45) is 0 Å². The fourth-order valence-corrected chi connectivity index (χ4v) is 2.13. The van der Waals surface area contributed by atoms with Gasteiger partial charge in [0.05, 0.1) is 12.1 Å². The Labute approximate surface area is 108 Å². The monoisotopic (exact) mass is 241 g/mol. The lowest BCUT2D eigenvalue weighted by atomic mass is 9.96. The van der Waals surface area contributed by atoms with Crippen LogP contribution in [0.5, 0.6) is 0 Å². The summed E-state index contributed by atoms with van der Waals surface area (Å²) in [5, 5.41) is 13.8. The number of benzene rings is 2. The Morgan fingerprint density at radius 3 is 1.89 bits per heavy atom. The van der Waals surface area contributed by atoms with Gasteiger partial charge in [0.15, 0.2) is 0 Å². The predicted octanol–water partition coefficient (Wildman–Crippen LogP) is 3.07. The normalized spacial score (nSPS) is 14.1. The minimum Gasteiger partial charge on any atom is -0.386 e. The number of aliphatic hydroxyl groups is 1. The summed E-state index contributed by atoms with van der Waals surface area (Å²) >= 11 is 0. The number of aliphatic hydroxyl groups excluding tert-OH is 1. The van der Waals surface area contributed by atoms with Gasteiger partial charge in [0.2, 0.25) is 0 Å². The molecule has 2 aromatic rings. The largest absolute Gasteiger partial charge is 0.386 e. The molecule has 0 aliphatic rings. The molecule has 0 aromatic heterocycles. The van der Waals surface area contributed by atoms with Gasteiger partial charge in [-0.2, -0.15) is 0 Å². The van der Waals surface area contributed by atoms with Crippen LogP contribution in [0.4, 0.5) is 0 Å². The first kappa shape index (κ1) is 12.8. The van der Waals surface area contributed by atoms with Crippen LogP contribution in [0, 0.1) is 0 Å². The van der Waals surface area contributed by atoms with Gasteiger partial charge in [-0.05, 0) is 17.7 Å². The summed E-state index contributed by atoms with van der Waals surface area (Å²) in [4.78, 5) is 0. The molecule has 2 atom stereocenters. The van der Waals surface area contributed by atoms with E-state index in [9.17, 15) is 5.11 Å². The van der Waals surface area contributed by atoms with Gasteiger partial charge >= 0.3 is 0 Å². The molecule has 2 rings (SSSR count). The first-order valence-electron chi connectivity index (χ1n) is 6.34. The molecule has 0 fully saturated rings. The standard InChI is InChI=1S/C16H19NO/c1-2-17-15(13-9-5-3-6-10-13)16(18)14-11-7-4-8-12-14/h3-12,15-18H,2H2,1H3. The van der Waals surface area contributed by atoms with Gasteiger partial charge in [-0.25, -0.2) is 0 Å². The van der Waals surface area contributed by atoms with Crippen molar-refractivity contribution in [3.63, 3.8) is 0 Å². The molecule has 2 N–H and O–H groups in total. The summed E-state index contributed by atoms with van der Waals surface area (Å²) in [6, 6.07) is 19.8. The molecule has 2 unspecified atom stereocenters. The van der Waals surface area contributed by atoms with Crippen LogP contribution in [-0.4, -0.2) is 11.7 Å². The molecule has 0 aliphatic carbocycles. The Kier molecular flexibility index (Phi) is 4.51. The number of nitrogens with one attached hydrogen (secondary N) is 1. The van der Waals surface area contributed by atoms with Crippen molar-refractivity contribution < 1.29 is 5.11 Å². The topological polar surface area (TPSA) is 32.3 Å². The highest BCUT2D eigenvalue weighted by molar-refractivity contribution is 5.26. The van der Waals surface area contributed by atoms with Gasteiger partial charge in [-0.3, -0.25) is 0 Å². The molecule has 0 saturated heterocycles. The van der Waals surface area contributed by atoms with Crippen LogP contribution in [0.1, 0.15) is 30.2 Å². The Morgan fingerprint density at radius 1 is 0.889 bits per heavy atom. The van der Waals surface area contributed by atoms with Gasteiger partial charge in [0, 0.05) is 0 Å². The van der Waals surface area contributed by atoms with Gasteiger partial charge in [-0.1, -0.05) is 67.6 Å². The van der Waals surface area contributed by atoms with E-state index in [2.05, 4.69) is 5.32 Å². The maximum absolute atomic E-state index is 10.5. The molecular weight excluding hydrogens is 222 g/mol. The van der Waals surface area contributed by atoms with Gasteiger partial charge < -0.3 is 10.4 Å². The summed E-state index contributed by atoms with van der Waals surface area (Å²) in [5.74, 6) is 0. The van der Waals surface area contributed by atoms with Crippen LogP contribution in [0.15, 0.2) is 60.7 Å². The van der Waals surface area contributed by atoms with E-state index in [0.717, 1.165) is 17.7 Å². The molecule has 0 bridgehead atoms. The van der Waals surface area contributed by atoms with Gasteiger partial charge in [0.1, 0.15) is 0 Å². The molecule has 0 spiro atoms. The Morgan fingerprint density at radius 2 is 1.39 bits per heavy atom. The van der Waals surface area contributed by atoms with Crippen LogP contribution in [0.2, 0.25) is 0 Å². The zero-order valence-electron chi connectivity index (χ0n) is 10.6. The van der Waals surface area contributed by atoms with Gasteiger partial charge in [0.25, 0.3) is 0 Å². The highest BCUT2D eigenvalue weighted by Crippen LogP contribution is 2.28. The van der Waals surface area contributed by atoms with Crippen molar-refractivity contribution in [3.05, 3.63) is 71.8 Å². The maximum Gasteiger partial charge on any atom is 0.0984 e. The molecule has 0 amide bonds. The SMILES string of the molecule is CCNC(c1ccccc1)C(O)c1ccccc1. The van der Waals surface area contributed by atoms with E-state index < -0.39 is 6.10 Å². The minimum absolute atomic E-state index is 0.0707. The van der Waals surface area contributed by atoms with Crippen molar-refractivity contribution in [1.29, 1.82) is 0 Å². The van der Waals surface area contributed by atoms with Crippen LogP contribution >= 0.6 is 0 Å². The van der Waals surface area contributed by atoms with E-state index in [-0.39, 0.29) is 6.04 Å². The molecule has 2 aromatic carbocycles. The summed E-state index contributed by atoms with van der Waals surface area (Å²) in [7, 11) is 0. The van der Waals surface area contributed by atoms with E-state index in [1.165, 1.54) is 0 Å². The van der Waals surface area contributed by atoms with Crippen molar-refractivity contribution >= 4 is 0 Å². The first-order chi connectivity index (χ1) is 8.83. The molecule has 0 saturated carbocycles. The Hall–Kier alpha value is -1.64. The third-order valence-electron chi connectivity index (χ3n) is 3.04. The van der Waals surface area contributed by atoms with Crippen molar-refractivity contribution in [1.82, 2.24) is 5.32 Å². The summed E-state index contributed by atoms with van der Waals surface area (Å²) in [6.45, 7) is 2.87. The number of hydrogen-bond acceptors (Lipinski definition) is 2. The molecule has 2 heteroatoms. The van der Waals surface area contributed by atoms with Crippen LogP contribution in [-0.2, 0) is 0 Å². The van der Waals surface area contributed by atoms with Crippen molar-refractivity contribution in [2.75, 3.05) is 6.54 Å². The third-order valence-corrected chi connectivity index (χ3v) is 3.04. The fourth-order valence-electron chi connectivity index (χ4n) is 2.13. The minimum atomic E-state index is -0.534. The van der Waals surface area contributed by atoms with E-state index >= 15 is 0 Å². The van der Waals surface area contributed by atoms with Gasteiger partial charge in [-0.15, -0.1) is 0 Å². The maximum atomic E-state index is 10.5. The highest BCUT2D eigenvalue weighted by Gasteiger charge is 2.21. The molecule has 0 heterocycles. The lowest BCUT2D eigenvalue weighted by Gasteiger charge is -2.24. The van der Waals surface area contributed by atoms with E-state index in [1.807, 2.05) is 67.6 Å². The average Bonchev–Trinajstić information content (AvgIpc) is 2.46. The second-order valence-electron chi connectivity index (χ2n) is 4.30.